The minimum Gasteiger partial charge on any atom is -0.491 e. The summed E-state index contributed by atoms with van der Waals surface area (Å²) in [6.07, 6.45) is 3.41. The second-order valence-corrected chi connectivity index (χ2v) is 7.28. The fraction of sp³-hybridized carbons (Fsp3) is 0.647. The van der Waals surface area contributed by atoms with E-state index in [9.17, 15) is 5.11 Å². The van der Waals surface area contributed by atoms with Gasteiger partial charge < -0.3 is 9.84 Å². The summed E-state index contributed by atoms with van der Waals surface area (Å²) in [5.41, 5.74) is 0. The number of β-amino-alcohol motifs (C(OH)–C–C–N with tert-alkyl or cyclic N) is 1. The first-order valence-corrected chi connectivity index (χ1v) is 9.03. The summed E-state index contributed by atoms with van der Waals surface area (Å²) in [6, 6.07) is 8.43. The molecule has 0 aromatic heterocycles. The van der Waals surface area contributed by atoms with Crippen molar-refractivity contribution in [2.24, 2.45) is 0 Å². The number of hydrogen-bond acceptors (Lipinski definition) is 4. The van der Waals surface area contributed by atoms with Crippen molar-refractivity contribution in [3.8, 4) is 5.75 Å². The van der Waals surface area contributed by atoms with Crippen LogP contribution in [0.4, 0.5) is 0 Å². The molecule has 2 aliphatic heterocycles. The first-order valence-electron chi connectivity index (χ1n) is 8.23. The number of hydrogen-bond donors (Lipinski definition) is 1. The normalized spacial score (nSPS) is 24.7. The largest absolute Gasteiger partial charge is 0.491 e. The molecule has 2 aliphatic rings. The molecule has 2 heterocycles. The zero-order chi connectivity index (χ0) is 15.4. The molecular formula is C17H25BrN2O2. The van der Waals surface area contributed by atoms with Gasteiger partial charge in [0.15, 0.2) is 0 Å². The van der Waals surface area contributed by atoms with Crippen LogP contribution >= 0.6 is 15.9 Å². The molecule has 2 atom stereocenters. The number of halogens is 1. The number of benzene rings is 1. The van der Waals surface area contributed by atoms with Crippen LogP contribution in [0.1, 0.15) is 19.3 Å². The van der Waals surface area contributed by atoms with Crippen LogP contribution in [-0.4, -0.2) is 66.4 Å². The Morgan fingerprint density at radius 1 is 1.18 bits per heavy atom. The van der Waals surface area contributed by atoms with Crippen LogP contribution in [0, 0.1) is 0 Å². The molecule has 122 valence electrons. The predicted octanol–water partition coefficient (Wildman–Crippen LogP) is 2.36. The molecule has 3 rings (SSSR count). The van der Waals surface area contributed by atoms with Crippen molar-refractivity contribution in [2.45, 2.75) is 31.4 Å². The van der Waals surface area contributed by atoms with Crippen molar-refractivity contribution in [1.29, 1.82) is 0 Å². The fourth-order valence-electron chi connectivity index (χ4n) is 3.52. The van der Waals surface area contributed by atoms with Gasteiger partial charge in [-0.1, -0.05) is 15.9 Å². The van der Waals surface area contributed by atoms with Gasteiger partial charge in [0, 0.05) is 23.6 Å². The highest BCUT2D eigenvalue weighted by Crippen LogP contribution is 2.21. The van der Waals surface area contributed by atoms with E-state index in [1.54, 1.807) is 0 Å². The first-order chi connectivity index (χ1) is 10.7. The van der Waals surface area contributed by atoms with E-state index in [4.69, 9.17) is 4.74 Å². The van der Waals surface area contributed by atoms with Crippen LogP contribution in [0.3, 0.4) is 0 Å². The highest BCUT2D eigenvalue weighted by Gasteiger charge is 2.29. The van der Waals surface area contributed by atoms with Crippen LogP contribution in [0.25, 0.3) is 0 Å². The SMILES string of the molecule is O[C@H](COc1ccc(Br)cc1)CN1CCCN2CCC[C@@H]2C1. The summed E-state index contributed by atoms with van der Waals surface area (Å²) in [7, 11) is 0. The van der Waals surface area contributed by atoms with Crippen molar-refractivity contribution in [3.05, 3.63) is 28.7 Å². The molecule has 1 aromatic carbocycles. The summed E-state index contributed by atoms with van der Waals surface area (Å²) in [5.74, 6) is 0.806. The molecule has 0 amide bonds. The fourth-order valence-corrected chi connectivity index (χ4v) is 3.79. The van der Waals surface area contributed by atoms with E-state index in [2.05, 4.69) is 25.7 Å². The van der Waals surface area contributed by atoms with Crippen LogP contribution in [-0.2, 0) is 0 Å². The molecule has 1 N–H and O–H groups in total. The third kappa shape index (κ3) is 4.44. The van der Waals surface area contributed by atoms with E-state index in [1.807, 2.05) is 24.3 Å². The first kappa shape index (κ1) is 16.2. The molecule has 5 heteroatoms. The third-order valence-corrected chi connectivity index (χ3v) is 5.14. The van der Waals surface area contributed by atoms with E-state index in [-0.39, 0.29) is 0 Å². The molecule has 0 bridgehead atoms. The lowest BCUT2D eigenvalue weighted by atomic mass is 10.2. The number of aliphatic hydroxyl groups is 1. The number of fused-ring (bicyclic) bond motifs is 1. The van der Waals surface area contributed by atoms with Crippen molar-refractivity contribution < 1.29 is 9.84 Å². The quantitative estimate of drug-likeness (QED) is 0.865. The zero-order valence-electron chi connectivity index (χ0n) is 13.0. The minimum atomic E-state index is -0.434. The molecule has 1 aromatic rings. The Morgan fingerprint density at radius 2 is 1.95 bits per heavy atom. The van der Waals surface area contributed by atoms with Gasteiger partial charge in [-0.3, -0.25) is 9.80 Å². The van der Waals surface area contributed by atoms with Crippen LogP contribution in [0.5, 0.6) is 5.75 Å². The Morgan fingerprint density at radius 3 is 2.77 bits per heavy atom. The average Bonchev–Trinajstić information content (AvgIpc) is 2.85. The van der Waals surface area contributed by atoms with Crippen molar-refractivity contribution >= 4 is 15.9 Å². The Bertz CT molecular complexity index is 468. The topological polar surface area (TPSA) is 35.9 Å². The summed E-state index contributed by atoms with van der Waals surface area (Å²) >= 11 is 3.41. The van der Waals surface area contributed by atoms with Gasteiger partial charge in [0.1, 0.15) is 18.5 Å². The van der Waals surface area contributed by atoms with Crippen molar-refractivity contribution in [3.63, 3.8) is 0 Å². The summed E-state index contributed by atoms with van der Waals surface area (Å²) in [5, 5.41) is 10.3. The average molecular weight is 369 g/mol. The monoisotopic (exact) mass is 368 g/mol. The second-order valence-electron chi connectivity index (χ2n) is 6.36. The van der Waals surface area contributed by atoms with E-state index >= 15 is 0 Å². The zero-order valence-corrected chi connectivity index (χ0v) is 14.5. The highest BCUT2D eigenvalue weighted by molar-refractivity contribution is 9.10. The Kier molecular flexibility index (Phi) is 5.74. The maximum atomic E-state index is 10.3. The van der Waals surface area contributed by atoms with Crippen LogP contribution in [0.15, 0.2) is 28.7 Å². The lowest BCUT2D eigenvalue weighted by Crippen LogP contribution is -2.41. The number of aliphatic hydroxyl groups excluding tert-OH is 1. The molecular weight excluding hydrogens is 344 g/mol. The summed E-state index contributed by atoms with van der Waals surface area (Å²) < 4.78 is 6.71. The van der Waals surface area contributed by atoms with Crippen LogP contribution < -0.4 is 4.74 Å². The minimum absolute atomic E-state index is 0.354. The number of ether oxygens (including phenoxy) is 1. The molecule has 0 unspecified atom stereocenters. The van der Waals surface area contributed by atoms with Gasteiger partial charge in [-0.05, 0) is 63.2 Å². The van der Waals surface area contributed by atoms with Crippen molar-refractivity contribution in [2.75, 3.05) is 39.3 Å². The maximum Gasteiger partial charge on any atom is 0.119 e. The Hall–Kier alpha value is -0.620. The molecule has 0 spiro atoms. The molecule has 0 aliphatic carbocycles. The number of nitrogens with zero attached hydrogens (tertiary/aromatic N) is 2. The van der Waals surface area contributed by atoms with Crippen molar-refractivity contribution in [1.82, 2.24) is 9.80 Å². The molecule has 2 saturated heterocycles. The van der Waals surface area contributed by atoms with E-state index in [1.165, 1.54) is 32.4 Å². The van der Waals surface area contributed by atoms with Gasteiger partial charge >= 0.3 is 0 Å². The highest BCUT2D eigenvalue weighted by atomic mass is 79.9. The lowest BCUT2D eigenvalue weighted by molar-refractivity contribution is 0.0658. The van der Waals surface area contributed by atoms with Gasteiger partial charge in [-0.15, -0.1) is 0 Å². The predicted molar refractivity (Wildman–Crippen MR) is 91.3 cm³/mol. The lowest BCUT2D eigenvalue weighted by Gasteiger charge is -2.27. The second kappa shape index (κ2) is 7.77. The van der Waals surface area contributed by atoms with Crippen LogP contribution in [0.2, 0.25) is 0 Å². The summed E-state index contributed by atoms with van der Waals surface area (Å²) in [6.45, 7) is 5.71. The summed E-state index contributed by atoms with van der Waals surface area (Å²) in [4.78, 5) is 5.02. The molecule has 22 heavy (non-hydrogen) atoms. The van der Waals surface area contributed by atoms with Gasteiger partial charge in [0.2, 0.25) is 0 Å². The third-order valence-electron chi connectivity index (χ3n) is 4.61. The van der Waals surface area contributed by atoms with E-state index in [0.29, 0.717) is 19.2 Å². The molecule has 0 saturated carbocycles. The molecule has 0 radical (unpaired) electrons. The standard InChI is InChI=1S/C17H25BrN2O2/c18-14-4-6-17(7-5-14)22-13-16(21)12-19-8-2-10-20-9-1-3-15(20)11-19/h4-7,15-16,21H,1-3,8-13H2/t15-,16+/m1/s1. The van der Waals surface area contributed by atoms with E-state index < -0.39 is 6.10 Å². The van der Waals surface area contributed by atoms with Gasteiger partial charge in [-0.25, -0.2) is 0 Å². The maximum absolute atomic E-state index is 10.3. The van der Waals surface area contributed by atoms with E-state index in [0.717, 1.165) is 23.3 Å². The smallest absolute Gasteiger partial charge is 0.119 e. The van der Waals surface area contributed by atoms with Gasteiger partial charge in [0.25, 0.3) is 0 Å². The Labute approximate surface area is 141 Å². The molecule has 4 nitrogen and oxygen atoms in total. The Balaban J connectivity index is 1.44. The van der Waals surface area contributed by atoms with Gasteiger partial charge in [-0.2, -0.15) is 0 Å². The molecule has 2 fully saturated rings. The van der Waals surface area contributed by atoms with Gasteiger partial charge in [0.05, 0.1) is 0 Å². The number of rotatable bonds is 5.